The van der Waals surface area contributed by atoms with Crippen molar-refractivity contribution in [1.29, 1.82) is 0 Å². The van der Waals surface area contributed by atoms with Crippen LogP contribution in [0.15, 0.2) is 0 Å². The molecule has 19 heavy (non-hydrogen) atoms. The quantitative estimate of drug-likeness (QED) is 0.729. The van der Waals surface area contributed by atoms with Crippen molar-refractivity contribution in [3.63, 3.8) is 0 Å². The van der Waals surface area contributed by atoms with Gasteiger partial charge in [0, 0.05) is 24.2 Å². The van der Waals surface area contributed by atoms with E-state index in [1.165, 1.54) is 0 Å². The molecule has 2 fully saturated rings. The van der Waals surface area contributed by atoms with Crippen LogP contribution >= 0.6 is 0 Å². The molecule has 2 saturated heterocycles. The molecule has 4 nitrogen and oxygen atoms in total. The van der Waals surface area contributed by atoms with E-state index in [9.17, 15) is 4.79 Å². The molecular weight excluding hydrogens is 238 g/mol. The van der Waals surface area contributed by atoms with E-state index in [2.05, 4.69) is 56.9 Å². The standard InChI is InChI=1S/C15H29N3O/c1-14(2,3)17-9-7-8-11-10-16-18(15(4,5)6)12(11)13(17)19/h11-12,16H,7-10H2,1-6H3. The third-order valence-electron chi connectivity index (χ3n) is 4.26. The summed E-state index contributed by atoms with van der Waals surface area (Å²) in [6, 6.07) is 0.00160. The molecule has 4 heteroatoms. The first kappa shape index (κ1) is 14.8. The van der Waals surface area contributed by atoms with E-state index in [1.807, 2.05) is 0 Å². The Hall–Kier alpha value is -0.610. The van der Waals surface area contributed by atoms with Crippen LogP contribution in [0.1, 0.15) is 54.4 Å². The van der Waals surface area contributed by atoms with Gasteiger partial charge >= 0.3 is 0 Å². The molecule has 1 amide bonds. The minimum Gasteiger partial charge on any atom is -0.336 e. The molecule has 0 aromatic carbocycles. The van der Waals surface area contributed by atoms with Gasteiger partial charge in [-0.3, -0.25) is 10.2 Å². The molecule has 0 bridgehead atoms. The fourth-order valence-electron chi connectivity index (χ4n) is 3.31. The summed E-state index contributed by atoms with van der Waals surface area (Å²) >= 11 is 0. The zero-order valence-corrected chi connectivity index (χ0v) is 13.3. The number of amides is 1. The van der Waals surface area contributed by atoms with Gasteiger partial charge in [0.1, 0.15) is 6.04 Å². The Kier molecular flexibility index (Phi) is 3.69. The highest BCUT2D eigenvalue weighted by atomic mass is 16.2. The van der Waals surface area contributed by atoms with Gasteiger partial charge in [-0.1, -0.05) is 0 Å². The maximum absolute atomic E-state index is 13.0. The van der Waals surface area contributed by atoms with E-state index in [4.69, 9.17) is 0 Å². The van der Waals surface area contributed by atoms with Crippen LogP contribution in [0.2, 0.25) is 0 Å². The highest BCUT2D eigenvalue weighted by Crippen LogP contribution is 2.33. The van der Waals surface area contributed by atoms with Crippen LogP contribution in [-0.4, -0.2) is 46.0 Å². The average Bonchev–Trinajstić information content (AvgIpc) is 2.58. The van der Waals surface area contributed by atoms with Gasteiger partial charge in [-0.05, 0) is 60.3 Å². The van der Waals surface area contributed by atoms with E-state index in [0.29, 0.717) is 11.8 Å². The lowest BCUT2D eigenvalue weighted by atomic mass is 9.94. The molecule has 2 aliphatic heterocycles. The third-order valence-corrected chi connectivity index (χ3v) is 4.26. The van der Waals surface area contributed by atoms with Crippen LogP contribution in [0.25, 0.3) is 0 Å². The Bertz CT molecular complexity index is 353. The minimum absolute atomic E-state index is 0.00160. The van der Waals surface area contributed by atoms with Gasteiger partial charge in [-0.25, -0.2) is 5.01 Å². The Morgan fingerprint density at radius 3 is 2.26 bits per heavy atom. The fourth-order valence-corrected chi connectivity index (χ4v) is 3.31. The third kappa shape index (κ3) is 2.79. The summed E-state index contributed by atoms with van der Waals surface area (Å²) in [5, 5.41) is 2.18. The van der Waals surface area contributed by atoms with Gasteiger partial charge in [0.25, 0.3) is 0 Å². The summed E-state index contributed by atoms with van der Waals surface area (Å²) in [5.41, 5.74) is 3.34. The van der Waals surface area contributed by atoms with Gasteiger partial charge in [0.05, 0.1) is 0 Å². The highest BCUT2D eigenvalue weighted by molar-refractivity contribution is 5.83. The van der Waals surface area contributed by atoms with E-state index in [1.54, 1.807) is 0 Å². The van der Waals surface area contributed by atoms with Crippen LogP contribution in [-0.2, 0) is 4.79 Å². The number of hydrazine groups is 1. The van der Waals surface area contributed by atoms with Crippen molar-refractivity contribution in [2.75, 3.05) is 13.1 Å². The van der Waals surface area contributed by atoms with Gasteiger partial charge < -0.3 is 4.90 Å². The lowest BCUT2D eigenvalue weighted by molar-refractivity contribution is -0.144. The van der Waals surface area contributed by atoms with Crippen molar-refractivity contribution in [1.82, 2.24) is 15.3 Å². The van der Waals surface area contributed by atoms with Gasteiger partial charge in [0.2, 0.25) is 5.91 Å². The second-order valence-corrected chi connectivity index (χ2v) is 7.91. The number of rotatable bonds is 0. The molecule has 0 aromatic rings. The monoisotopic (exact) mass is 267 g/mol. The molecule has 2 heterocycles. The molecule has 0 spiro atoms. The Labute approximate surface area is 117 Å². The minimum atomic E-state index is -0.0852. The van der Waals surface area contributed by atoms with Crippen LogP contribution in [0.4, 0.5) is 0 Å². The van der Waals surface area contributed by atoms with Gasteiger partial charge in [0.15, 0.2) is 0 Å². The first-order valence-corrected chi connectivity index (χ1v) is 7.47. The molecule has 2 aliphatic rings. The lowest BCUT2D eigenvalue weighted by Gasteiger charge is -2.41. The second kappa shape index (κ2) is 4.74. The molecule has 0 radical (unpaired) electrons. The number of carbonyl (C=O) groups is 1. The SMILES string of the molecule is CC(C)(C)N1CCCC2CNN(C(C)(C)C)C2C1=O. The molecule has 2 rings (SSSR count). The van der Waals surface area contributed by atoms with E-state index in [0.717, 1.165) is 25.9 Å². The van der Waals surface area contributed by atoms with Crippen molar-refractivity contribution in [3.05, 3.63) is 0 Å². The summed E-state index contributed by atoms with van der Waals surface area (Å²) in [6.45, 7) is 14.7. The maximum Gasteiger partial charge on any atom is 0.242 e. The molecule has 2 atom stereocenters. The molecule has 110 valence electrons. The van der Waals surface area contributed by atoms with Crippen LogP contribution in [0, 0.1) is 5.92 Å². The number of nitrogens with zero attached hydrogens (tertiary/aromatic N) is 2. The van der Waals surface area contributed by atoms with Crippen molar-refractivity contribution in [2.45, 2.75) is 71.5 Å². The number of nitrogens with one attached hydrogen (secondary N) is 1. The maximum atomic E-state index is 13.0. The summed E-state index contributed by atoms with van der Waals surface area (Å²) < 4.78 is 0. The largest absolute Gasteiger partial charge is 0.336 e. The summed E-state index contributed by atoms with van der Waals surface area (Å²) in [4.78, 5) is 15.0. The van der Waals surface area contributed by atoms with E-state index >= 15 is 0 Å². The van der Waals surface area contributed by atoms with Crippen LogP contribution < -0.4 is 5.43 Å². The molecule has 0 saturated carbocycles. The summed E-state index contributed by atoms with van der Waals surface area (Å²) in [7, 11) is 0. The molecule has 0 aliphatic carbocycles. The Balaban J connectivity index is 2.29. The number of fused-ring (bicyclic) bond motifs is 1. The van der Waals surface area contributed by atoms with Crippen molar-refractivity contribution in [2.24, 2.45) is 5.92 Å². The first-order valence-electron chi connectivity index (χ1n) is 7.47. The van der Waals surface area contributed by atoms with E-state index in [-0.39, 0.29) is 17.1 Å². The van der Waals surface area contributed by atoms with Crippen molar-refractivity contribution < 1.29 is 4.79 Å². The molecular formula is C15H29N3O. The smallest absolute Gasteiger partial charge is 0.242 e. The molecule has 1 N–H and O–H groups in total. The lowest BCUT2D eigenvalue weighted by Crippen LogP contribution is -2.59. The number of likely N-dealkylation sites (tertiary alicyclic amines) is 1. The highest BCUT2D eigenvalue weighted by Gasteiger charge is 2.48. The molecule has 2 unspecified atom stereocenters. The number of hydrogen-bond donors (Lipinski definition) is 1. The van der Waals surface area contributed by atoms with Gasteiger partial charge in [-0.15, -0.1) is 0 Å². The average molecular weight is 267 g/mol. The summed E-state index contributed by atoms with van der Waals surface area (Å²) in [6.07, 6.45) is 2.26. The normalized spacial score (nSPS) is 30.4. The Morgan fingerprint density at radius 2 is 1.74 bits per heavy atom. The topological polar surface area (TPSA) is 35.6 Å². The fraction of sp³-hybridized carbons (Fsp3) is 0.933. The van der Waals surface area contributed by atoms with Gasteiger partial charge in [-0.2, -0.15) is 0 Å². The van der Waals surface area contributed by atoms with Crippen LogP contribution in [0.5, 0.6) is 0 Å². The zero-order chi connectivity index (χ0) is 14.4. The van der Waals surface area contributed by atoms with Crippen molar-refractivity contribution >= 4 is 5.91 Å². The first-order chi connectivity index (χ1) is 8.62. The zero-order valence-electron chi connectivity index (χ0n) is 13.3. The summed E-state index contributed by atoms with van der Waals surface area (Å²) in [5.74, 6) is 0.758. The number of hydrogen-bond acceptors (Lipinski definition) is 3. The second-order valence-electron chi connectivity index (χ2n) is 7.91. The predicted octanol–water partition coefficient (Wildman–Crippen LogP) is 2.01. The number of carbonyl (C=O) groups excluding carboxylic acids is 1. The van der Waals surface area contributed by atoms with E-state index < -0.39 is 0 Å². The predicted molar refractivity (Wildman–Crippen MR) is 77.6 cm³/mol. The van der Waals surface area contributed by atoms with Crippen LogP contribution in [0.3, 0.4) is 0 Å². The molecule has 0 aromatic heterocycles. The Morgan fingerprint density at radius 1 is 1.11 bits per heavy atom. The van der Waals surface area contributed by atoms with Crippen molar-refractivity contribution in [3.8, 4) is 0 Å².